The Morgan fingerprint density at radius 3 is 2.19 bits per heavy atom. The lowest BCUT2D eigenvalue weighted by atomic mass is 10.2. The Balaban J connectivity index is 1.71. The number of carbonyl (C=O) groups is 1. The second-order valence-corrected chi connectivity index (χ2v) is 6.32. The van der Waals surface area contributed by atoms with Crippen molar-refractivity contribution < 1.29 is 4.79 Å². The van der Waals surface area contributed by atoms with Crippen molar-refractivity contribution in [2.75, 3.05) is 29.6 Å². The van der Waals surface area contributed by atoms with Gasteiger partial charge < -0.3 is 15.5 Å². The first-order valence-electron chi connectivity index (χ1n) is 8.40. The van der Waals surface area contributed by atoms with Crippen molar-refractivity contribution in [1.82, 2.24) is 4.98 Å². The highest BCUT2D eigenvalue weighted by Crippen LogP contribution is 2.20. The third-order valence-corrected chi connectivity index (χ3v) is 3.97. The maximum Gasteiger partial charge on any atom is 0.274 e. The largest absolute Gasteiger partial charge is 0.378 e. The molecule has 0 spiro atoms. The van der Waals surface area contributed by atoms with Gasteiger partial charge in [-0.25, -0.2) is 0 Å². The van der Waals surface area contributed by atoms with Crippen LogP contribution in [0.15, 0.2) is 66.9 Å². The van der Waals surface area contributed by atoms with Crippen molar-refractivity contribution in [3.05, 3.63) is 78.1 Å². The Kier molecular flexibility index (Phi) is 5.17. The van der Waals surface area contributed by atoms with E-state index in [1.165, 1.54) is 0 Å². The van der Waals surface area contributed by atoms with E-state index in [0.717, 1.165) is 28.3 Å². The molecule has 0 saturated carbocycles. The Morgan fingerprint density at radius 1 is 0.885 bits per heavy atom. The van der Waals surface area contributed by atoms with E-state index in [9.17, 15) is 4.79 Å². The number of pyridine rings is 1. The van der Waals surface area contributed by atoms with Crippen molar-refractivity contribution in [2.45, 2.75) is 6.92 Å². The summed E-state index contributed by atoms with van der Waals surface area (Å²) in [5.74, 6) is -0.236. The van der Waals surface area contributed by atoms with Crippen LogP contribution < -0.4 is 15.5 Å². The summed E-state index contributed by atoms with van der Waals surface area (Å²) >= 11 is 0. The molecule has 0 bridgehead atoms. The topological polar surface area (TPSA) is 57.3 Å². The summed E-state index contributed by atoms with van der Waals surface area (Å²) < 4.78 is 0. The smallest absolute Gasteiger partial charge is 0.274 e. The van der Waals surface area contributed by atoms with Gasteiger partial charge in [0.25, 0.3) is 5.91 Å². The maximum atomic E-state index is 12.4. The van der Waals surface area contributed by atoms with Crippen LogP contribution >= 0.6 is 0 Å². The number of hydrogen-bond donors (Lipinski definition) is 2. The van der Waals surface area contributed by atoms with E-state index in [1.54, 1.807) is 12.3 Å². The molecule has 3 aromatic rings. The van der Waals surface area contributed by atoms with E-state index in [0.29, 0.717) is 5.69 Å². The number of rotatable bonds is 5. The van der Waals surface area contributed by atoms with Crippen LogP contribution in [0, 0.1) is 6.92 Å². The average Bonchev–Trinajstić information content (AvgIpc) is 2.64. The molecule has 132 valence electrons. The quantitative estimate of drug-likeness (QED) is 0.716. The molecule has 0 radical (unpaired) electrons. The van der Waals surface area contributed by atoms with Crippen LogP contribution in [-0.2, 0) is 0 Å². The van der Waals surface area contributed by atoms with Crippen molar-refractivity contribution in [2.24, 2.45) is 0 Å². The molecular formula is C21H22N4O. The van der Waals surface area contributed by atoms with E-state index in [1.807, 2.05) is 80.5 Å². The van der Waals surface area contributed by atoms with Gasteiger partial charge in [0, 0.05) is 43.0 Å². The number of carbonyl (C=O) groups excluding carboxylic acids is 1. The van der Waals surface area contributed by atoms with Crippen LogP contribution in [0.1, 0.15) is 16.1 Å². The summed E-state index contributed by atoms with van der Waals surface area (Å²) in [7, 11) is 4.01. The molecule has 3 rings (SSSR count). The number of hydrogen-bond acceptors (Lipinski definition) is 4. The minimum absolute atomic E-state index is 0.236. The second-order valence-electron chi connectivity index (χ2n) is 6.32. The van der Waals surface area contributed by atoms with Crippen molar-refractivity contribution >= 4 is 28.7 Å². The fraction of sp³-hybridized carbons (Fsp3) is 0.143. The molecule has 0 fully saturated rings. The zero-order chi connectivity index (χ0) is 18.5. The summed E-state index contributed by atoms with van der Waals surface area (Å²) in [5.41, 5.74) is 5.15. The molecule has 5 nitrogen and oxygen atoms in total. The van der Waals surface area contributed by atoms with Gasteiger partial charge in [0.1, 0.15) is 5.69 Å². The van der Waals surface area contributed by atoms with Gasteiger partial charge in [-0.2, -0.15) is 0 Å². The summed E-state index contributed by atoms with van der Waals surface area (Å²) in [6.07, 6.45) is 1.63. The van der Waals surface area contributed by atoms with E-state index < -0.39 is 0 Å². The summed E-state index contributed by atoms with van der Waals surface area (Å²) in [4.78, 5) is 18.6. The minimum atomic E-state index is -0.236. The molecular weight excluding hydrogens is 324 g/mol. The van der Waals surface area contributed by atoms with Gasteiger partial charge in [-0.3, -0.25) is 9.78 Å². The van der Waals surface area contributed by atoms with Crippen LogP contribution in [0.4, 0.5) is 22.7 Å². The lowest BCUT2D eigenvalue weighted by Crippen LogP contribution is -2.13. The van der Waals surface area contributed by atoms with Crippen molar-refractivity contribution in [3.63, 3.8) is 0 Å². The van der Waals surface area contributed by atoms with Gasteiger partial charge >= 0.3 is 0 Å². The zero-order valence-corrected chi connectivity index (χ0v) is 15.2. The molecule has 5 heteroatoms. The van der Waals surface area contributed by atoms with Gasteiger partial charge in [-0.1, -0.05) is 17.7 Å². The van der Waals surface area contributed by atoms with Gasteiger partial charge in [-0.15, -0.1) is 0 Å². The molecule has 0 atom stereocenters. The molecule has 0 aliphatic carbocycles. The van der Waals surface area contributed by atoms with E-state index >= 15 is 0 Å². The van der Waals surface area contributed by atoms with E-state index in [-0.39, 0.29) is 5.91 Å². The fourth-order valence-electron chi connectivity index (χ4n) is 2.47. The third-order valence-electron chi connectivity index (χ3n) is 3.97. The van der Waals surface area contributed by atoms with Gasteiger partial charge in [-0.05, 0) is 55.5 Å². The number of nitrogens with zero attached hydrogens (tertiary/aromatic N) is 2. The van der Waals surface area contributed by atoms with Crippen LogP contribution in [-0.4, -0.2) is 25.0 Å². The van der Waals surface area contributed by atoms with Crippen LogP contribution in [0.2, 0.25) is 0 Å². The Hall–Kier alpha value is -3.34. The SMILES string of the molecule is Cc1ccc(NC(=O)c2cc(Nc3ccc(N(C)C)cc3)ccn2)cc1. The highest BCUT2D eigenvalue weighted by molar-refractivity contribution is 6.03. The summed E-state index contributed by atoms with van der Waals surface area (Å²) in [6, 6.07) is 19.3. The molecule has 1 heterocycles. The van der Waals surface area contributed by atoms with Gasteiger partial charge in [0.05, 0.1) is 0 Å². The second kappa shape index (κ2) is 7.70. The molecule has 2 N–H and O–H groups in total. The lowest BCUT2D eigenvalue weighted by Gasteiger charge is -2.13. The maximum absolute atomic E-state index is 12.4. The van der Waals surface area contributed by atoms with Crippen LogP contribution in [0.5, 0.6) is 0 Å². The number of nitrogens with one attached hydrogen (secondary N) is 2. The van der Waals surface area contributed by atoms with Crippen LogP contribution in [0.3, 0.4) is 0 Å². The first kappa shape index (κ1) is 17.5. The molecule has 1 aromatic heterocycles. The third kappa shape index (κ3) is 4.39. The number of benzene rings is 2. The molecule has 0 aliphatic rings. The first-order chi connectivity index (χ1) is 12.5. The summed E-state index contributed by atoms with van der Waals surface area (Å²) in [6.45, 7) is 2.01. The van der Waals surface area contributed by atoms with E-state index in [4.69, 9.17) is 0 Å². The molecule has 0 aliphatic heterocycles. The minimum Gasteiger partial charge on any atom is -0.378 e. The normalized spacial score (nSPS) is 10.3. The number of amides is 1. The Morgan fingerprint density at radius 2 is 1.54 bits per heavy atom. The molecule has 26 heavy (non-hydrogen) atoms. The zero-order valence-electron chi connectivity index (χ0n) is 15.2. The highest BCUT2D eigenvalue weighted by Gasteiger charge is 2.09. The number of aromatic nitrogens is 1. The van der Waals surface area contributed by atoms with Crippen LogP contribution in [0.25, 0.3) is 0 Å². The summed E-state index contributed by atoms with van der Waals surface area (Å²) in [5, 5.41) is 6.16. The van der Waals surface area contributed by atoms with Gasteiger partial charge in [0.2, 0.25) is 0 Å². The molecule has 0 unspecified atom stereocenters. The number of aryl methyl sites for hydroxylation is 1. The predicted molar refractivity (Wildman–Crippen MR) is 107 cm³/mol. The predicted octanol–water partition coefficient (Wildman–Crippen LogP) is 4.45. The Bertz CT molecular complexity index is 887. The highest BCUT2D eigenvalue weighted by atomic mass is 16.1. The monoisotopic (exact) mass is 346 g/mol. The number of anilines is 4. The van der Waals surface area contributed by atoms with Gasteiger partial charge in [0.15, 0.2) is 0 Å². The average molecular weight is 346 g/mol. The molecule has 1 amide bonds. The van der Waals surface area contributed by atoms with Crippen molar-refractivity contribution in [1.29, 1.82) is 0 Å². The lowest BCUT2D eigenvalue weighted by molar-refractivity contribution is 0.102. The molecule has 0 saturated heterocycles. The first-order valence-corrected chi connectivity index (χ1v) is 8.40. The fourth-order valence-corrected chi connectivity index (χ4v) is 2.47. The van der Waals surface area contributed by atoms with Crippen molar-refractivity contribution in [3.8, 4) is 0 Å². The molecule has 2 aromatic carbocycles. The van der Waals surface area contributed by atoms with E-state index in [2.05, 4.69) is 15.6 Å². The standard InChI is InChI=1S/C21H22N4O/c1-15-4-6-17(7-5-15)24-21(26)20-14-18(12-13-22-20)23-16-8-10-19(11-9-16)25(2)3/h4-14H,1-3H3,(H,22,23)(H,24,26). The Labute approximate surface area is 153 Å².